The van der Waals surface area contributed by atoms with E-state index in [0.717, 1.165) is 11.4 Å². The number of imidazole rings is 1. The van der Waals surface area contributed by atoms with Gasteiger partial charge in [-0.2, -0.15) is 0 Å². The van der Waals surface area contributed by atoms with Gasteiger partial charge in [0, 0.05) is 23.1 Å². The lowest BCUT2D eigenvalue weighted by atomic mass is 10.1. The van der Waals surface area contributed by atoms with Crippen molar-refractivity contribution >= 4 is 19.7 Å². The number of hydrogen-bond acceptors (Lipinski definition) is 4. The molecule has 0 aliphatic carbocycles. The fraction of sp³-hybridized carbons (Fsp3) is 0.357. The molecule has 5 nitrogen and oxygen atoms in total. The molecule has 21 heavy (non-hydrogen) atoms. The molecular formula is C14H17ClN2O3S. The first-order valence-corrected chi connectivity index (χ1v) is 8.76. The Morgan fingerprint density at radius 1 is 1.24 bits per heavy atom. The van der Waals surface area contributed by atoms with Crippen LogP contribution >= 0.6 is 10.7 Å². The Morgan fingerprint density at radius 2 is 1.95 bits per heavy atom. The van der Waals surface area contributed by atoms with Crippen LogP contribution in [0.3, 0.4) is 0 Å². The minimum atomic E-state index is -3.73. The van der Waals surface area contributed by atoms with Gasteiger partial charge in [0.05, 0.1) is 11.4 Å². The van der Waals surface area contributed by atoms with E-state index in [-0.39, 0.29) is 4.90 Å². The first-order valence-electron chi connectivity index (χ1n) is 6.45. The van der Waals surface area contributed by atoms with Crippen LogP contribution in [0.5, 0.6) is 5.75 Å². The van der Waals surface area contributed by atoms with E-state index < -0.39 is 9.05 Å². The van der Waals surface area contributed by atoms with Gasteiger partial charge in [-0.05, 0) is 44.0 Å². The van der Waals surface area contributed by atoms with Crippen LogP contribution in [0.15, 0.2) is 29.4 Å². The fourth-order valence-corrected chi connectivity index (χ4v) is 3.34. The third kappa shape index (κ3) is 3.77. The molecule has 114 valence electrons. The average Bonchev–Trinajstić information content (AvgIpc) is 2.77. The van der Waals surface area contributed by atoms with Crippen molar-refractivity contribution in [1.82, 2.24) is 9.55 Å². The lowest BCUT2D eigenvalue weighted by molar-refractivity contribution is 0.295. The van der Waals surface area contributed by atoms with Gasteiger partial charge in [0.25, 0.3) is 9.05 Å². The van der Waals surface area contributed by atoms with Crippen molar-refractivity contribution in [1.29, 1.82) is 0 Å². The first-order chi connectivity index (χ1) is 9.79. The summed E-state index contributed by atoms with van der Waals surface area (Å²) in [6, 6.07) is 3.24. The standard InChI is InChI=1S/C14H17ClN2O3S/c1-10-9-14(21(15,18)19)11(2)8-13(10)20-7-6-17-5-4-16-12(17)3/h4-5,8-9H,6-7H2,1-3H3. The molecule has 7 heteroatoms. The molecule has 0 N–H and O–H groups in total. The Morgan fingerprint density at radius 3 is 2.52 bits per heavy atom. The number of halogens is 1. The van der Waals surface area contributed by atoms with Gasteiger partial charge in [-0.15, -0.1) is 0 Å². The maximum absolute atomic E-state index is 11.4. The van der Waals surface area contributed by atoms with Gasteiger partial charge >= 0.3 is 0 Å². The van der Waals surface area contributed by atoms with Gasteiger partial charge in [-0.25, -0.2) is 13.4 Å². The molecule has 0 aliphatic heterocycles. The summed E-state index contributed by atoms with van der Waals surface area (Å²) in [5, 5.41) is 0. The van der Waals surface area contributed by atoms with E-state index in [1.54, 1.807) is 26.1 Å². The summed E-state index contributed by atoms with van der Waals surface area (Å²) >= 11 is 0. The summed E-state index contributed by atoms with van der Waals surface area (Å²) in [5.74, 6) is 1.59. The topological polar surface area (TPSA) is 61.2 Å². The van der Waals surface area contributed by atoms with E-state index >= 15 is 0 Å². The average molecular weight is 329 g/mol. The minimum Gasteiger partial charge on any atom is -0.491 e. The number of nitrogens with zero attached hydrogens (tertiary/aromatic N) is 2. The van der Waals surface area contributed by atoms with Crippen molar-refractivity contribution in [2.45, 2.75) is 32.2 Å². The summed E-state index contributed by atoms with van der Waals surface area (Å²) in [6.45, 7) is 6.57. The highest BCUT2D eigenvalue weighted by molar-refractivity contribution is 8.13. The molecule has 2 rings (SSSR count). The minimum absolute atomic E-state index is 0.125. The van der Waals surface area contributed by atoms with Gasteiger partial charge in [0.1, 0.15) is 18.2 Å². The van der Waals surface area contributed by atoms with E-state index in [4.69, 9.17) is 15.4 Å². The number of rotatable bonds is 5. The highest BCUT2D eigenvalue weighted by Gasteiger charge is 2.16. The second-order valence-electron chi connectivity index (χ2n) is 4.84. The molecule has 1 heterocycles. The van der Waals surface area contributed by atoms with Crippen LogP contribution in [-0.4, -0.2) is 24.6 Å². The Labute approximate surface area is 128 Å². The van der Waals surface area contributed by atoms with Crippen LogP contribution in [-0.2, 0) is 15.6 Å². The summed E-state index contributed by atoms with van der Waals surface area (Å²) in [7, 11) is 1.67. The van der Waals surface area contributed by atoms with Gasteiger partial charge in [0.15, 0.2) is 0 Å². The smallest absolute Gasteiger partial charge is 0.261 e. The van der Waals surface area contributed by atoms with Crippen LogP contribution < -0.4 is 4.74 Å². The third-order valence-electron chi connectivity index (χ3n) is 3.25. The molecule has 0 bridgehead atoms. The Bertz CT molecular complexity index is 754. The quantitative estimate of drug-likeness (QED) is 0.792. The van der Waals surface area contributed by atoms with Gasteiger partial charge in [-0.1, -0.05) is 0 Å². The molecule has 0 saturated carbocycles. The fourth-order valence-electron chi connectivity index (χ4n) is 2.08. The highest BCUT2D eigenvalue weighted by atomic mass is 35.7. The van der Waals surface area contributed by atoms with Crippen LogP contribution in [0, 0.1) is 20.8 Å². The van der Waals surface area contributed by atoms with Crippen LogP contribution in [0.1, 0.15) is 17.0 Å². The number of hydrogen-bond donors (Lipinski definition) is 0. The van der Waals surface area contributed by atoms with Gasteiger partial charge < -0.3 is 9.30 Å². The Balaban J connectivity index is 2.11. The van der Waals surface area contributed by atoms with Crippen molar-refractivity contribution in [2.75, 3.05) is 6.61 Å². The van der Waals surface area contributed by atoms with Crippen molar-refractivity contribution < 1.29 is 13.2 Å². The summed E-state index contributed by atoms with van der Waals surface area (Å²) < 4.78 is 30.6. The molecule has 1 aromatic carbocycles. The summed E-state index contributed by atoms with van der Waals surface area (Å²) in [4.78, 5) is 4.26. The zero-order chi connectivity index (χ0) is 15.6. The summed E-state index contributed by atoms with van der Waals surface area (Å²) in [6.07, 6.45) is 3.63. The molecule has 0 saturated heterocycles. The highest BCUT2D eigenvalue weighted by Crippen LogP contribution is 2.27. The van der Waals surface area contributed by atoms with Crippen LogP contribution in [0.2, 0.25) is 0 Å². The maximum atomic E-state index is 11.4. The Kier molecular flexibility index (Phi) is 4.58. The zero-order valence-electron chi connectivity index (χ0n) is 12.1. The molecular weight excluding hydrogens is 312 g/mol. The zero-order valence-corrected chi connectivity index (χ0v) is 13.7. The predicted molar refractivity (Wildman–Crippen MR) is 81.4 cm³/mol. The van der Waals surface area contributed by atoms with E-state index in [1.807, 2.05) is 17.7 Å². The van der Waals surface area contributed by atoms with Crippen molar-refractivity contribution in [3.63, 3.8) is 0 Å². The van der Waals surface area contributed by atoms with Crippen molar-refractivity contribution in [3.8, 4) is 5.75 Å². The van der Waals surface area contributed by atoms with E-state index in [9.17, 15) is 8.42 Å². The molecule has 0 aliphatic rings. The number of aryl methyl sites for hydroxylation is 3. The lowest BCUT2D eigenvalue weighted by Gasteiger charge is -2.13. The first kappa shape index (κ1) is 15.9. The molecule has 0 atom stereocenters. The van der Waals surface area contributed by atoms with Crippen LogP contribution in [0.4, 0.5) is 0 Å². The SMILES string of the molecule is Cc1cc(S(=O)(=O)Cl)c(C)cc1OCCn1ccnc1C. The molecule has 0 radical (unpaired) electrons. The molecule has 1 aromatic heterocycles. The monoisotopic (exact) mass is 328 g/mol. The van der Waals surface area contributed by atoms with E-state index in [1.165, 1.54) is 6.07 Å². The third-order valence-corrected chi connectivity index (χ3v) is 4.71. The summed E-state index contributed by atoms with van der Waals surface area (Å²) in [5.41, 5.74) is 1.31. The van der Waals surface area contributed by atoms with E-state index in [0.29, 0.717) is 24.5 Å². The maximum Gasteiger partial charge on any atom is 0.261 e. The molecule has 0 spiro atoms. The number of aromatic nitrogens is 2. The molecule has 2 aromatic rings. The van der Waals surface area contributed by atoms with Crippen molar-refractivity contribution in [2.24, 2.45) is 0 Å². The Hall–Kier alpha value is -1.53. The normalized spacial score (nSPS) is 11.6. The molecule has 0 amide bonds. The largest absolute Gasteiger partial charge is 0.491 e. The number of ether oxygens (including phenoxy) is 1. The predicted octanol–water partition coefficient (Wildman–Crippen LogP) is 2.81. The van der Waals surface area contributed by atoms with Crippen molar-refractivity contribution in [3.05, 3.63) is 41.5 Å². The van der Waals surface area contributed by atoms with Crippen LogP contribution in [0.25, 0.3) is 0 Å². The molecule has 0 unspecified atom stereocenters. The van der Waals surface area contributed by atoms with E-state index in [2.05, 4.69) is 4.98 Å². The molecule has 0 fully saturated rings. The number of benzene rings is 1. The van der Waals surface area contributed by atoms with Gasteiger partial charge in [-0.3, -0.25) is 0 Å². The lowest BCUT2D eigenvalue weighted by Crippen LogP contribution is -2.09. The second-order valence-corrected chi connectivity index (χ2v) is 7.37. The van der Waals surface area contributed by atoms with Gasteiger partial charge in [0.2, 0.25) is 0 Å². The second kappa shape index (κ2) is 6.07.